The van der Waals surface area contributed by atoms with E-state index in [1.807, 2.05) is 13.8 Å². The van der Waals surface area contributed by atoms with Crippen LogP contribution in [0, 0.1) is 11.7 Å². The molecule has 0 heterocycles. The first-order valence-corrected chi connectivity index (χ1v) is 6.99. The van der Waals surface area contributed by atoms with Crippen LogP contribution in [0.5, 0.6) is 0 Å². The zero-order valence-corrected chi connectivity index (χ0v) is 13.0. The summed E-state index contributed by atoms with van der Waals surface area (Å²) >= 11 is 5.88. The third-order valence-electron chi connectivity index (χ3n) is 3.62. The number of aliphatic carboxylic acids is 1. The second-order valence-electron chi connectivity index (χ2n) is 5.57. The van der Waals surface area contributed by atoms with E-state index in [4.69, 9.17) is 16.7 Å². The van der Waals surface area contributed by atoms with Crippen LogP contribution in [0.4, 0.5) is 4.39 Å². The third-order valence-corrected chi connectivity index (χ3v) is 3.97. The van der Waals surface area contributed by atoms with E-state index in [1.165, 1.54) is 18.2 Å². The summed E-state index contributed by atoms with van der Waals surface area (Å²) in [6.07, 6.45) is -0.436. The fourth-order valence-electron chi connectivity index (χ4n) is 1.93. The van der Waals surface area contributed by atoms with Gasteiger partial charge in [0.15, 0.2) is 0 Å². The lowest BCUT2D eigenvalue weighted by molar-refractivity contribution is -0.139. The van der Waals surface area contributed by atoms with Crippen LogP contribution in [0.1, 0.15) is 32.8 Å². The normalized spacial score (nSPS) is 13.8. The number of carbonyl (C=O) groups is 2. The number of carbonyl (C=O) groups excluding carboxylic acids is 1. The molecule has 2 N–H and O–H groups in total. The fraction of sp³-hybridized carbons (Fsp3) is 0.467. The van der Waals surface area contributed by atoms with Gasteiger partial charge >= 0.3 is 5.97 Å². The lowest BCUT2D eigenvalue weighted by atomic mass is 9.85. The Labute approximate surface area is 128 Å². The average Bonchev–Trinajstić information content (AvgIpc) is 2.32. The van der Waals surface area contributed by atoms with Gasteiger partial charge in [-0.3, -0.25) is 9.59 Å². The molecule has 0 fully saturated rings. The van der Waals surface area contributed by atoms with Gasteiger partial charge in [-0.25, -0.2) is 4.39 Å². The Kier molecular flexibility index (Phi) is 5.72. The number of rotatable bonds is 6. The first kappa shape index (κ1) is 17.4. The van der Waals surface area contributed by atoms with E-state index in [1.54, 1.807) is 6.92 Å². The summed E-state index contributed by atoms with van der Waals surface area (Å²) in [5.74, 6) is -2.11. The van der Waals surface area contributed by atoms with E-state index < -0.39 is 23.2 Å². The maximum atomic E-state index is 13.7. The van der Waals surface area contributed by atoms with E-state index in [0.29, 0.717) is 0 Å². The van der Waals surface area contributed by atoms with Crippen molar-refractivity contribution in [3.8, 4) is 0 Å². The van der Waals surface area contributed by atoms with Crippen LogP contribution in [0.15, 0.2) is 18.2 Å². The van der Waals surface area contributed by atoms with Crippen molar-refractivity contribution in [2.45, 2.75) is 39.2 Å². The van der Waals surface area contributed by atoms with Crippen LogP contribution in [-0.2, 0) is 16.0 Å². The van der Waals surface area contributed by atoms with Crippen molar-refractivity contribution < 1.29 is 19.1 Å². The molecule has 1 unspecified atom stereocenters. The molecule has 0 aliphatic heterocycles. The van der Waals surface area contributed by atoms with Gasteiger partial charge in [0.05, 0.1) is 12.8 Å². The summed E-state index contributed by atoms with van der Waals surface area (Å²) in [5, 5.41) is 11.8. The molecule has 6 heteroatoms. The van der Waals surface area contributed by atoms with Crippen LogP contribution in [0.25, 0.3) is 0 Å². The lowest BCUT2D eigenvalue weighted by Crippen LogP contribution is -2.51. The minimum Gasteiger partial charge on any atom is -0.481 e. The topological polar surface area (TPSA) is 66.4 Å². The summed E-state index contributed by atoms with van der Waals surface area (Å²) < 4.78 is 13.7. The van der Waals surface area contributed by atoms with Gasteiger partial charge in [-0.05, 0) is 25.0 Å². The number of halogens is 2. The van der Waals surface area contributed by atoms with Crippen molar-refractivity contribution in [1.82, 2.24) is 5.32 Å². The Hall–Kier alpha value is -1.62. The largest absolute Gasteiger partial charge is 0.481 e. The van der Waals surface area contributed by atoms with Gasteiger partial charge in [-0.15, -0.1) is 0 Å². The van der Waals surface area contributed by atoms with Gasteiger partial charge in [0.25, 0.3) is 0 Å². The van der Waals surface area contributed by atoms with E-state index >= 15 is 0 Å². The summed E-state index contributed by atoms with van der Waals surface area (Å²) in [4.78, 5) is 23.0. The number of hydrogen-bond donors (Lipinski definition) is 2. The number of amides is 1. The Morgan fingerprint density at radius 3 is 2.52 bits per heavy atom. The summed E-state index contributed by atoms with van der Waals surface area (Å²) in [7, 11) is 0. The number of carboxylic acid groups (broad SMARTS) is 1. The zero-order chi connectivity index (χ0) is 16.2. The summed E-state index contributed by atoms with van der Waals surface area (Å²) in [6, 6.07) is 4.20. The molecule has 0 spiro atoms. The number of hydrogen-bond acceptors (Lipinski definition) is 2. The predicted molar refractivity (Wildman–Crippen MR) is 78.8 cm³/mol. The van der Waals surface area contributed by atoms with Crippen LogP contribution in [0.2, 0.25) is 5.02 Å². The van der Waals surface area contributed by atoms with Crippen LogP contribution >= 0.6 is 11.6 Å². The monoisotopic (exact) mass is 315 g/mol. The molecule has 0 radical (unpaired) electrons. The summed E-state index contributed by atoms with van der Waals surface area (Å²) in [5.41, 5.74) is -0.793. The highest BCUT2D eigenvalue weighted by Gasteiger charge is 2.33. The van der Waals surface area contributed by atoms with Crippen molar-refractivity contribution in [3.05, 3.63) is 34.6 Å². The van der Waals surface area contributed by atoms with Gasteiger partial charge < -0.3 is 10.4 Å². The standard InChI is InChI=1S/C15H19ClFNO3/c1-9(2)15(3,8-14(20)21)18-13(19)7-10-11(16)5-4-6-12(10)17/h4-6,9H,7-8H2,1-3H3,(H,18,19)(H,20,21). The average molecular weight is 316 g/mol. The maximum absolute atomic E-state index is 13.7. The van der Waals surface area contributed by atoms with E-state index in [-0.39, 0.29) is 29.3 Å². The lowest BCUT2D eigenvalue weighted by Gasteiger charge is -2.33. The Bertz CT molecular complexity index is 527. The van der Waals surface area contributed by atoms with Gasteiger partial charge in [-0.1, -0.05) is 31.5 Å². The highest BCUT2D eigenvalue weighted by Crippen LogP contribution is 2.23. The predicted octanol–water partition coefficient (Wildman–Crippen LogP) is 3.03. The molecule has 116 valence electrons. The minimum atomic E-state index is -1.00. The highest BCUT2D eigenvalue weighted by atomic mass is 35.5. The SMILES string of the molecule is CC(C)C(C)(CC(=O)O)NC(=O)Cc1c(F)cccc1Cl. The highest BCUT2D eigenvalue weighted by molar-refractivity contribution is 6.31. The van der Waals surface area contributed by atoms with Crippen LogP contribution in [-0.4, -0.2) is 22.5 Å². The molecule has 1 aromatic carbocycles. The Morgan fingerprint density at radius 2 is 2.05 bits per heavy atom. The summed E-state index contributed by atoms with van der Waals surface area (Å²) in [6.45, 7) is 5.30. The first-order chi connectivity index (χ1) is 9.65. The molecule has 1 atom stereocenters. The molecular weight excluding hydrogens is 297 g/mol. The molecule has 21 heavy (non-hydrogen) atoms. The molecule has 0 saturated carbocycles. The molecule has 1 rings (SSSR count). The van der Waals surface area contributed by atoms with Crippen molar-refractivity contribution in [3.63, 3.8) is 0 Å². The minimum absolute atomic E-state index is 0.0892. The van der Waals surface area contributed by atoms with Crippen molar-refractivity contribution >= 4 is 23.5 Å². The number of benzene rings is 1. The quantitative estimate of drug-likeness (QED) is 0.848. The molecule has 4 nitrogen and oxygen atoms in total. The Morgan fingerprint density at radius 1 is 1.43 bits per heavy atom. The van der Waals surface area contributed by atoms with Gasteiger partial charge in [0.2, 0.25) is 5.91 Å². The van der Waals surface area contributed by atoms with E-state index in [9.17, 15) is 14.0 Å². The molecule has 0 aliphatic rings. The second kappa shape index (κ2) is 6.89. The fourth-order valence-corrected chi connectivity index (χ4v) is 2.16. The van der Waals surface area contributed by atoms with Crippen LogP contribution < -0.4 is 5.32 Å². The maximum Gasteiger partial charge on any atom is 0.305 e. The molecule has 0 bridgehead atoms. The van der Waals surface area contributed by atoms with Crippen molar-refractivity contribution in [2.75, 3.05) is 0 Å². The molecule has 0 aliphatic carbocycles. The molecular formula is C15H19ClFNO3. The van der Waals surface area contributed by atoms with Crippen LogP contribution in [0.3, 0.4) is 0 Å². The molecule has 1 aromatic rings. The molecule has 0 aromatic heterocycles. The smallest absolute Gasteiger partial charge is 0.305 e. The van der Waals surface area contributed by atoms with Crippen molar-refractivity contribution in [1.29, 1.82) is 0 Å². The second-order valence-corrected chi connectivity index (χ2v) is 5.98. The molecule has 0 saturated heterocycles. The van der Waals surface area contributed by atoms with E-state index in [2.05, 4.69) is 5.32 Å². The van der Waals surface area contributed by atoms with E-state index in [0.717, 1.165) is 0 Å². The number of nitrogens with one attached hydrogen (secondary N) is 1. The Balaban J connectivity index is 2.86. The van der Waals surface area contributed by atoms with Gasteiger partial charge in [0, 0.05) is 16.1 Å². The van der Waals surface area contributed by atoms with Crippen molar-refractivity contribution in [2.24, 2.45) is 5.92 Å². The number of carboxylic acids is 1. The van der Waals surface area contributed by atoms with Gasteiger partial charge in [-0.2, -0.15) is 0 Å². The third kappa shape index (κ3) is 4.70. The molecule has 1 amide bonds. The zero-order valence-electron chi connectivity index (χ0n) is 12.2. The van der Waals surface area contributed by atoms with Gasteiger partial charge in [0.1, 0.15) is 5.82 Å². The first-order valence-electron chi connectivity index (χ1n) is 6.61.